The lowest BCUT2D eigenvalue weighted by Crippen LogP contribution is -2.05. The molecule has 0 spiro atoms. The van der Waals surface area contributed by atoms with E-state index < -0.39 is 0 Å². The fourth-order valence-corrected chi connectivity index (χ4v) is 2.67. The van der Waals surface area contributed by atoms with E-state index in [1.807, 2.05) is 6.92 Å². The summed E-state index contributed by atoms with van der Waals surface area (Å²) in [4.78, 5) is 12.7. The second-order valence-electron chi connectivity index (χ2n) is 5.70. The maximum atomic E-state index is 13.1. The first-order valence-electron chi connectivity index (χ1n) is 7.95. The standard InChI is InChI=1S/C18H15FN6O.2H2/c1-11(12-3-5-13(19)6-4-12)26-15-9-14(22-10-23-15)16-17(20)24-25-8-2-7-21-18(16)25;;/h2-11H,1H3,(H2,20,24);2*1H. The second kappa shape index (κ2) is 6.40. The Morgan fingerprint density at radius 1 is 1.19 bits per heavy atom. The Labute approximate surface area is 151 Å². The smallest absolute Gasteiger partial charge is 0.217 e. The predicted molar refractivity (Wildman–Crippen MR) is 98.1 cm³/mol. The van der Waals surface area contributed by atoms with Gasteiger partial charge in [0.05, 0.1) is 11.3 Å². The lowest BCUT2D eigenvalue weighted by molar-refractivity contribution is 0.217. The Kier molecular flexibility index (Phi) is 3.92. The molecule has 0 aliphatic rings. The fraction of sp³-hybridized carbons (Fsp3) is 0.111. The number of benzene rings is 1. The average Bonchev–Trinajstić information content (AvgIpc) is 2.98. The maximum Gasteiger partial charge on any atom is 0.217 e. The van der Waals surface area contributed by atoms with Gasteiger partial charge in [-0.2, -0.15) is 0 Å². The van der Waals surface area contributed by atoms with Crippen molar-refractivity contribution < 1.29 is 12.0 Å². The number of nitrogens with zero attached hydrogens (tertiary/aromatic N) is 5. The second-order valence-corrected chi connectivity index (χ2v) is 5.70. The quantitative estimate of drug-likeness (QED) is 0.603. The van der Waals surface area contributed by atoms with Gasteiger partial charge in [0.25, 0.3) is 0 Å². The van der Waals surface area contributed by atoms with Gasteiger partial charge in [-0.15, -0.1) is 5.10 Å². The van der Waals surface area contributed by atoms with Gasteiger partial charge in [0, 0.05) is 21.3 Å². The van der Waals surface area contributed by atoms with Crippen LogP contribution >= 0.6 is 0 Å². The van der Waals surface area contributed by atoms with Crippen LogP contribution in [0.1, 0.15) is 21.4 Å². The monoisotopic (exact) mass is 354 g/mol. The number of aromatic nitrogens is 5. The Morgan fingerprint density at radius 3 is 2.81 bits per heavy atom. The molecule has 0 saturated heterocycles. The number of nitrogen functional groups attached to an aromatic ring is 1. The average molecular weight is 354 g/mol. The van der Waals surface area contributed by atoms with Crippen LogP contribution in [0.25, 0.3) is 16.9 Å². The summed E-state index contributed by atoms with van der Waals surface area (Å²) in [7, 11) is 0. The highest BCUT2D eigenvalue weighted by atomic mass is 19.1. The Hall–Kier alpha value is -3.55. The molecule has 1 aromatic carbocycles. The summed E-state index contributed by atoms with van der Waals surface area (Å²) in [6.45, 7) is 1.86. The minimum Gasteiger partial charge on any atom is -0.470 e. The zero-order chi connectivity index (χ0) is 18.1. The third kappa shape index (κ3) is 2.92. The van der Waals surface area contributed by atoms with Gasteiger partial charge in [-0.1, -0.05) is 12.1 Å². The normalized spacial score (nSPS) is 12.2. The Bertz CT molecular complexity index is 1070. The fourth-order valence-electron chi connectivity index (χ4n) is 2.67. The number of hydrogen-bond acceptors (Lipinski definition) is 6. The van der Waals surface area contributed by atoms with Gasteiger partial charge in [0.15, 0.2) is 11.5 Å². The van der Waals surface area contributed by atoms with E-state index in [9.17, 15) is 4.39 Å². The van der Waals surface area contributed by atoms with E-state index in [1.54, 1.807) is 41.2 Å². The number of rotatable bonds is 4. The predicted octanol–water partition coefficient (Wildman–Crippen LogP) is 3.54. The summed E-state index contributed by atoms with van der Waals surface area (Å²) >= 11 is 0. The van der Waals surface area contributed by atoms with Gasteiger partial charge < -0.3 is 10.5 Å². The van der Waals surface area contributed by atoms with E-state index in [4.69, 9.17) is 10.5 Å². The number of ether oxygens (including phenoxy) is 1. The number of hydrogen-bond donors (Lipinski definition) is 1. The van der Waals surface area contributed by atoms with Crippen molar-refractivity contribution in [2.45, 2.75) is 13.0 Å². The number of nitrogens with two attached hydrogens (primary N) is 1. The summed E-state index contributed by atoms with van der Waals surface area (Å²) < 4.78 is 20.5. The minimum atomic E-state index is -0.308. The van der Waals surface area contributed by atoms with Gasteiger partial charge in [0.1, 0.15) is 18.2 Å². The molecule has 3 heterocycles. The molecular weight excluding hydrogens is 335 g/mol. The van der Waals surface area contributed by atoms with E-state index in [0.29, 0.717) is 28.6 Å². The molecule has 7 nitrogen and oxygen atoms in total. The van der Waals surface area contributed by atoms with Crippen LogP contribution in [0.5, 0.6) is 5.88 Å². The highest BCUT2D eigenvalue weighted by Crippen LogP contribution is 2.29. The third-order valence-electron chi connectivity index (χ3n) is 3.96. The summed E-state index contributed by atoms with van der Waals surface area (Å²) in [6, 6.07) is 9.59. The molecule has 2 N–H and O–H groups in total. The van der Waals surface area contributed by atoms with Gasteiger partial charge in [-0.3, -0.25) is 0 Å². The van der Waals surface area contributed by atoms with Crippen molar-refractivity contribution >= 4 is 11.5 Å². The Morgan fingerprint density at radius 2 is 2.00 bits per heavy atom. The van der Waals surface area contributed by atoms with Gasteiger partial charge in [0.2, 0.25) is 5.88 Å². The van der Waals surface area contributed by atoms with Crippen molar-refractivity contribution in [2.75, 3.05) is 5.73 Å². The molecule has 4 rings (SSSR count). The summed E-state index contributed by atoms with van der Waals surface area (Å²) in [5.74, 6) is 0.405. The zero-order valence-corrected chi connectivity index (χ0v) is 13.9. The molecule has 0 aliphatic carbocycles. The van der Waals surface area contributed by atoms with E-state index >= 15 is 0 Å². The molecule has 26 heavy (non-hydrogen) atoms. The van der Waals surface area contributed by atoms with Crippen LogP contribution in [-0.4, -0.2) is 24.6 Å². The maximum absolute atomic E-state index is 13.1. The lowest BCUT2D eigenvalue weighted by Gasteiger charge is -2.14. The van der Waals surface area contributed by atoms with Crippen LogP contribution in [0.15, 0.2) is 55.1 Å². The summed E-state index contributed by atoms with van der Waals surface area (Å²) in [5.41, 5.74) is 8.65. The van der Waals surface area contributed by atoms with Crippen molar-refractivity contribution in [3.63, 3.8) is 0 Å². The van der Waals surface area contributed by atoms with Crippen LogP contribution < -0.4 is 10.5 Å². The SMILES string of the molecule is CC(Oc1cc(-c2c(N)nn3cccnc23)ncn1)c1ccc(F)cc1.[HH].[HH]. The molecule has 0 amide bonds. The summed E-state index contributed by atoms with van der Waals surface area (Å²) in [6.07, 6.45) is 4.51. The topological polar surface area (TPSA) is 91.2 Å². The van der Waals surface area contributed by atoms with E-state index in [2.05, 4.69) is 20.1 Å². The number of fused-ring (bicyclic) bond motifs is 1. The lowest BCUT2D eigenvalue weighted by atomic mass is 10.1. The highest BCUT2D eigenvalue weighted by molar-refractivity contribution is 5.84. The molecule has 1 unspecified atom stereocenters. The van der Waals surface area contributed by atoms with Crippen molar-refractivity contribution in [3.05, 3.63) is 66.5 Å². The largest absolute Gasteiger partial charge is 0.470 e. The van der Waals surface area contributed by atoms with E-state index in [1.165, 1.54) is 18.5 Å². The molecule has 4 aromatic rings. The number of anilines is 1. The highest BCUT2D eigenvalue weighted by Gasteiger charge is 2.16. The van der Waals surface area contributed by atoms with Gasteiger partial charge in [-0.05, 0) is 30.7 Å². The van der Waals surface area contributed by atoms with E-state index in [0.717, 1.165) is 5.56 Å². The first kappa shape index (κ1) is 15.9. The van der Waals surface area contributed by atoms with Crippen LogP contribution in [0.3, 0.4) is 0 Å². The van der Waals surface area contributed by atoms with Crippen molar-refractivity contribution in [1.29, 1.82) is 0 Å². The molecule has 0 fully saturated rings. The first-order chi connectivity index (χ1) is 12.6. The molecule has 0 bridgehead atoms. The van der Waals surface area contributed by atoms with Crippen LogP contribution in [-0.2, 0) is 0 Å². The molecule has 0 aliphatic heterocycles. The molecule has 0 radical (unpaired) electrons. The third-order valence-corrected chi connectivity index (χ3v) is 3.96. The molecule has 0 saturated carbocycles. The molecule has 1 atom stereocenters. The summed E-state index contributed by atoms with van der Waals surface area (Å²) in [5, 5.41) is 4.23. The van der Waals surface area contributed by atoms with Crippen LogP contribution in [0, 0.1) is 5.82 Å². The molecule has 8 heteroatoms. The Balaban J connectivity index is 0.00000140. The van der Waals surface area contributed by atoms with Gasteiger partial charge >= 0.3 is 0 Å². The van der Waals surface area contributed by atoms with Crippen molar-refractivity contribution in [2.24, 2.45) is 0 Å². The van der Waals surface area contributed by atoms with Crippen molar-refractivity contribution in [3.8, 4) is 17.1 Å². The first-order valence-corrected chi connectivity index (χ1v) is 7.95. The van der Waals surface area contributed by atoms with Crippen LogP contribution in [0.2, 0.25) is 0 Å². The molecular formula is C18H19FN6O. The molecule has 3 aromatic heterocycles. The van der Waals surface area contributed by atoms with Crippen LogP contribution in [0.4, 0.5) is 10.2 Å². The zero-order valence-electron chi connectivity index (χ0n) is 13.9. The van der Waals surface area contributed by atoms with Crippen molar-refractivity contribution in [1.82, 2.24) is 24.6 Å². The van der Waals surface area contributed by atoms with E-state index in [-0.39, 0.29) is 14.8 Å². The minimum absolute atomic E-state index is 0. The molecule has 134 valence electrons. The van der Waals surface area contributed by atoms with Gasteiger partial charge in [-0.25, -0.2) is 23.9 Å². The number of halogens is 1.